The van der Waals surface area contributed by atoms with E-state index in [1.165, 1.54) is 6.07 Å². The van der Waals surface area contributed by atoms with E-state index in [4.69, 9.17) is 37.4 Å². The Bertz CT molecular complexity index is 637. The van der Waals surface area contributed by atoms with Gasteiger partial charge in [-0.05, 0) is 43.3 Å². The lowest BCUT2D eigenvalue weighted by molar-refractivity contribution is -0.190. The maximum Gasteiger partial charge on any atom is 0.389 e. The number of rotatable bonds is 7. The summed E-state index contributed by atoms with van der Waals surface area (Å²) in [5, 5.41) is -0.0436. The van der Waals surface area contributed by atoms with Crippen LogP contribution in [0.4, 0.5) is 4.79 Å². The van der Waals surface area contributed by atoms with E-state index in [0.717, 1.165) is 11.8 Å². The van der Waals surface area contributed by atoms with Crippen LogP contribution in [0.5, 0.6) is 0 Å². The molecule has 1 aromatic rings. The minimum absolute atomic E-state index is 0.0456. The molecular weight excluding hydrogens is 391 g/mol. The molecule has 138 valence electrons. The molecule has 0 saturated carbocycles. The number of esters is 2. The Labute approximate surface area is 160 Å². The first-order valence-corrected chi connectivity index (χ1v) is 9.19. The molecule has 0 N–H and O–H groups in total. The van der Waals surface area contributed by atoms with Crippen molar-refractivity contribution in [3.05, 3.63) is 33.8 Å². The van der Waals surface area contributed by atoms with Crippen molar-refractivity contribution in [3.63, 3.8) is 0 Å². The third-order valence-electron chi connectivity index (χ3n) is 2.95. The van der Waals surface area contributed by atoms with Crippen molar-refractivity contribution in [3.8, 4) is 0 Å². The second-order valence-corrected chi connectivity index (χ2v) is 6.75. The molecule has 0 spiro atoms. The average molecular weight is 409 g/mol. The molecule has 0 fully saturated rings. The van der Waals surface area contributed by atoms with Gasteiger partial charge in [0.25, 0.3) is 0 Å². The zero-order chi connectivity index (χ0) is 19.0. The van der Waals surface area contributed by atoms with E-state index >= 15 is 0 Å². The number of thioether (sulfide) groups is 1. The van der Waals surface area contributed by atoms with Gasteiger partial charge in [0.05, 0.1) is 12.5 Å². The first-order valence-electron chi connectivity index (χ1n) is 7.45. The van der Waals surface area contributed by atoms with Gasteiger partial charge in [-0.3, -0.25) is 4.79 Å². The Balaban J connectivity index is 2.88. The van der Waals surface area contributed by atoms with Crippen molar-refractivity contribution in [2.45, 2.75) is 33.0 Å². The van der Waals surface area contributed by atoms with Crippen molar-refractivity contribution in [1.29, 1.82) is 0 Å². The lowest BCUT2D eigenvalue weighted by Crippen LogP contribution is -2.34. The number of benzene rings is 1. The molecule has 1 aromatic carbocycles. The first kappa shape index (κ1) is 21.6. The van der Waals surface area contributed by atoms with Crippen molar-refractivity contribution < 1.29 is 28.6 Å². The molecule has 2 unspecified atom stereocenters. The Kier molecular flexibility index (Phi) is 9.10. The summed E-state index contributed by atoms with van der Waals surface area (Å²) in [6.45, 7) is 4.91. The Morgan fingerprint density at radius 2 is 1.80 bits per heavy atom. The zero-order valence-corrected chi connectivity index (χ0v) is 16.2. The topological polar surface area (TPSA) is 78.9 Å². The monoisotopic (exact) mass is 408 g/mol. The van der Waals surface area contributed by atoms with Crippen LogP contribution in [0, 0.1) is 0 Å². The molecule has 9 heteroatoms. The van der Waals surface area contributed by atoms with Crippen LogP contribution < -0.4 is 0 Å². The minimum Gasteiger partial charge on any atom is -0.460 e. The molecule has 6 nitrogen and oxygen atoms in total. The summed E-state index contributed by atoms with van der Waals surface area (Å²) in [7, 11) is 0. The summed E-state index contributed by atoms with van der Waals surface area (Å²) in [6, 6.07) is 4.64. The fourth-order valence-electron chi connectivity index (χ4n) is 1.76. The number of hydrogen-bond donors (Lipinski definition) is 0. The van der Waals surface area contributed by atoms with E-state index in [0.29, 0.717) is 16.3 Å². The Hall–Kier alpha value is -1.44. The van der Waals surface area contributed by atoms with Gasteiger partial charge in [0, 0.05) is 15.8 Å². The number of halogens is 2. The maximum absolute atomic E-state index is 12.3. The van der Waals surface area contributed by atoms with Gasteiger partial charge in [-0.1, -0.05) is 36.2 Å². The van der Waals surface area contributed by atoms with Gasteiger partial charge in [0.15, 0.2) is 0 Å². The second-order valence-electron chi connectivity index (χ2n) is 4.71. The Morgan fingerprint density at radius 1 is 1.12 bits per heavy atom. The standard InChI is InChI=1S/C16H18Cl2O6S/c1-4-22-14(20)15(24-16(21)25-5-2)23-13(19)9(3)11-7-6-10(17)8-12(11)18/h6-9,15H,4-5H2,1-3H3. The summed E-state index contributed by atoms with van der Waals surface area (Å²) < 4.78 is 14.6. The van der Waals surface area contributed by atoms with E-state index in [1.54, 1.807) is 32.9 Å². The fraction of sp³-hybridized carbons (Fsp3) is 0.438. The minimum atomic E-state index is -1.77. The SMILES string of the molecule is CCOC(=O)C(OC(=O)SCC)OC(=O)C(C)c1ccc(Cl)cc1Cl. The maximum atomic E-state index is 12.3. The van der Waals surface area contributed by atoms with Crippen LogP contribution in [-0.4, -0.2) is 35.9 Å². The van der Waals surface area contributed by atoms with Crippen LogP contribution in [0.1, 0.15) is 32.3 Å². The third-order valence-corrected chi connectivity index (χ3v) is 4.13. The number of hydrogen-bond acceptors (Lipinski definition) is 7. The van der Waals surface area contributed by atoms with Gasteiger partial charge in [0.1, 0.15) is 0 Å². The van der Waals surface area contributed by atoms with Crippen molar-refractivity contribution >= 4 is 52.2 Å². The first-order chi connectivity index (χ1) is 11.8. The van der Waals surface area contributed by atoms with Gasteiger partial charge in [0.2, 0.25) is 0 Å². The van der Waals surface area contributed by atoms with Crippen molar-refractivity contribution in [2.24, 2.45) is 0 Å². The predicted octanol–water partition coefficient (Wildman–Crippen LogP) is 4.42. The van der Waals surface area contributed by atoms with E-state index in [1.807, 2.05) is 0 Å². The highest BCUT2D eigenvalue weighted by Crippen LogP contribution is 2.28. The van der Waals surface area contributed by atoms with E-state index in [-0.39, 0.29) is 11.6 Å². The van der Waals surface area contributed by atoms with E-state index < -0.39 is 29.4 Å². The molecular formula is C16H18Cl2O6S. The predicted molar refractivity (Wildman–Crippen MR) is 96.0 cm³/mol. The van der Waals surface area contributed by atoms with Crippen LogP contribution in [0.25, 0.3) is 0 Å². The molecule has 2 atom stereocenters. The molecule has 0 heterocycles. The highest BCUT2D eigenvalue weighted by Gasteiger charge is 2.31. The van der Waals surface area contributed by atoms with Crippen molar-refractivity contribution in [1.82, 2.24) is 0 Å². The smallest absolute Gasteiger partial charge is 0.389 e. The van der Waals surface area contributed by atoms with Crippen LogP contribution in [0.3, 0.4) is 0 Å². The van der Waals surface area contributed by atoms with Crippen LogP contribution in [-0.2, 0) is 23.8 Å². The summed E-state index contributed by atoms with van der Waals surface area (Å²) in [6.07, 6.45) is -1.77. The molecule has 25 heavy (non-hydrogen) atoms. The quantitative estimate of drug-likeness (QED) is 0.487. The highest BCUT2D eigenvalue weighted by molar-refractivity contribution is 8.13. The van der Waals surface area contributed by atoms with Crippen molar-refractivity contribution in [2.75, 3.05) is 12.4 Å². The summed E-state index contributed by atoms with van der Waals surface area (Å²) in [5.41, 5.74) is 0.466. The van der Waals surface area contributed by atoms with E-state index in [2.05, 4.69) is 0 Å². The van der Waals surface area contributed by atoms with Gasteiger partial charge in [-0.15, -0.1) is 0 Å². The molecule has 0 saturated heterocycles. The third kappa shape index (κ3) is 6.76. The second kappa shape index (κ2) is 10.5. The van der Waals surface area contributed by atoms with Gasteiger partial charge < -0.3 is 14.2 Å². The Morgan fingerprint density at radius 3 is 2.36 bits per heavy atom. The largest absolute Gasteiger partial charge is 0.460 e. The van der Waals surface area contributed by atoms with Gasteiger partial charge >= 0.3 is 23.5 Å². The zero-order valence-electron chi connectivity index (χ0n) is 13.9. The average Bonchev–Trinajstić information content (AvgIpc) is 2.54. The van der Waals surface area contributed by atoms with Gasteiger partial charge in [-0.25, -0.2) is 9.59 Å². The fourth-order valence-corrected chi connectivity index (χ4v) is 2.72. The van der Waals surface area contributed by atoms with Crippen LogP contribution in [0.15, 0.2) is 18.2 Å². The number of ether oxygens (including phenoxy) is 3. The molecule has 0 radical (unpaired) electrons. The molecule has 0 amide bonds. The molecule has 0 aliphatic carbocycles. The number of carbonyl (C=O) groups is 3. The van der Waals surface area contributed by atoms with Crippen LogP contribution >= 0.6 is 35.0 Å². The summed E-state index contributed by atoms with van der Waals surface area (Å²) in [4.78, 5) is 35.8. The molecule has 0 aromatic heterocycles. The molecule has 0 aliphatic heterocycles. The lowest BCUT2D eigenvalue weighted by Gasteiger charge is -2.19. The number of carbonyl (C=O) groups excluding carboxylic acids is 3. The molecule has 0 aliphatic rings. The van der Waals surface area contributed by atoms with E-state index in [9.17, 15) is 14.4 Å². The highest BCUT2D eigenvalue weighted by atomic mass is 35.5. The van der Waals surface area contributed by atoms with Gasteiger partial charge in [-0.2, -0.15) is 0 Å². The molecule has 0 bridgehead atoms. The lowest BCUT2D eigenvalue weighted by atomic mass is 10.0. The molecule has 1 rings (SSSR count). The summed E-state index contributed by atoms with van der Waals surface area (Å²) in [5.74, 6) is -2.12. The van der Waals surface area contributed by atoms with Crippen LogP contribution in [0.2, 0.25) is 10.0 Å². The normalized spacial score (nSPS) is 12.8. The summed E-state index contributed by atoms with van der Waals surface area (Å²) >= 11 is 12.7.